The summed E-state index contributed by atoms with van der Waals surface area (Å²) in [5.74, 6) is 1.96. The SMILES string of the molecule is CCOc1ccccc1NC(=S)Nc1cc(S(=O)(=O)N2CCC(C)CC2)ccc1N1CCC(C)CC1. The normalized spacial score (nSPS) is 18.1. The Labute approximate surface area is 221 Å². The summed E-state index contributed by atoms with van der Waals surface area (Å²) in [4.78, 5) is 2.61. The highest BCUT2D eigenvalue weighted by Crippen LogP contribution is 2.34. The Hall–Kier alpha value is -2.36. The molecule has 0 amide bonds. The summed E-state index contributed by atoms with van der Waals surface area (Å²) in [6, 6.07) is 13.0. The molecular formula is C27H38N4O3S2. The largest absolute Gasteiger partial charge is 0.492 e. The van der Waals surface area contributed by atoms with Gasteiger partial charge in [-0.3, -0.25) is 0 Å². The van der Waals surface area contributed by atoms with Gasteiger partial charge in [0.25, 0.3) is 0 Å². The van der Waals surface area contributed by atoms with E-state index in [-0.39, 0.29) is 0 Å². The second-order valence-electron chi connectivity index (χ2n) is 9.94. The van der Waals surface area contributed by atoms with E-state index in [0.29, 0.717) is 53.0 Å². The van der Waals surface area contributed by atoms with Crippen molar-refractivity contribution in [2.24, 2.45) is 11.8 Å². The molecule has 2 fully saturated rings. The third-order valence-corrected chi connectivity index (χ3v) is 9.25. The van der Waals surface area contributed by atoms with Crippen molar-refractivity contribution in [2.75, 3.05) is 48.3 Å². The minimum absolute atomic E-state index is 0.297. The van der Waals surface area contributed by atoms with Crippen molar-refractivity contribution in [2.45, 2.75) is 51.3 Å². The second-order valence-corrected chi connectivity index (χ2v) is 12.3. The van der Waals surface area contributed by atoms with Crippen LogP contribution >= 0.6 is 12.2 Å². The number of benzene rings is 2. The van der Waals surface area contributed by atoms with Gasteiger partial charge in [0.1, 0.15) is 5.75 Å². The van der Waals surface area contributed by atoms with E-state index in [1.165, 1.54) is 0 Å². The van der Waals surface area contributed by atoms with Crippen molar-refractivity contribution in [3.05, 3.63) is 42.5 Å². The Kier molecular flexibility index (Phi) is 8.74. The lowest BCUT2D eigenvalue weighted by atomic mass is 9.98. The number of sulfonamides is 1. The van der Waals surface area contributed by atoms with E-state index in [1.54, 1.807) is 16.4 Å². The minimum atomic E-state index is -3.58. The first-order valence-corrected chi connectivity index (χ1v) is 14.8. The molecule has 0 unspecified atom stereocenters. The number of rotatable bonds is 7. The number of anilines is 3. The summed E-state index contributed by atoms with van der Waals surface area (Å²) in [7, 11) is -3.58. The van der Waals surface area contributed by atoms with E-state index in [1.807, 2.05) is 37.3 Å². The van der Waals surface area contributed by atoms with Gasteiger partial charge in [0.05, 0.1) is 28.6 Å². The number of thiocarbonyl (C=S) groups is 1. The van der Waals surface area contributed by atoms with Crippen LogP contribution in [0.4, 0.5) is 17.1 Å². The molecule has 2 aliphatic heterocycles. The number of hydrogen-bond acceptors (Lipinski definition) is 5. The van der Waals surface area contributed by atoms with Crippen molar-refractivity contribution >= 4 is 44.4 Å². The van der Waals surface area contributed by atoms with Gasteiger partial charge >= 0.3 is 0 Å². The summed E-state index contributed by atoms with van der Waals surface area (Å²) in [5.41, 5.74) is 2.43. The number of para-hydroxylation sites is 2. The number of ether oxygens (including phenoxy) is 1. The first-order chi connectivity index (χ1) is 17.3. The Balaban J connectivity index is 1.61. The van der Waals surface area contributed by atoms with Crippen LogP contribution in [0.3, 0.4) is 0 Å². The maximum atomic E-state index is 13.5. The summed E-state index contributed by atoms with van der Waals surface area (Å²) < 4.78 is 34.3. The van der Waals surface area contributed by atoms with E-state index >= 15 is 0 Å². The number of nitrogens with one attached hydrogen (secondary N) is 2. The van der Waals surface area contributed by atoms with Crippen LogP contribution in [0.5, 0.6) is 5.75 Å². The van der Waals surface area contributed by atoms with Crippen LogP contribution in [0.15, 0.2) is 47.4 Å². The van der Waals surface area contributed by atoms with Crippen LogP contribution < -0.4 is 20.3 Å². The van der Waals surface area contributed by atoms with E-state index in [0.717, 1.165) is 50.1 Å². The first-order valence-electron chi connectivity index (χ1n) is 13.0. The summed E-state index contributed by atoms with van der Waals surface area (Å²) >= 11 is 5.66. The summed E-state index contributed by atoms with van der Waals surface area (Å²) in [6.45, 7) is 9.93. The fourth-order valence-electron chi connectivity index (χ4n) is 4.80. The average molecular weight is 531 g/mol. The monoisotopic (exact) mass is 530 g/mol. The smallest absolute Gasteiger partial charge is 0.243 e. The average Bonchev–Trinajstić information content (AvgIpc) is 2.86. The van der Waals surface area contributed by atoms with Gasteiger partial charge in [-0.05, 0) is 87.0 Å². The van der Waals surface area contributed by atoms with Gasteiger partial charge in [-0.15, -0.1) is 0 Å². The van der Waals surface area contributed by atoms with Gasteiger partial charge < -0.3 is 20.3 Å². The molecule has 196 valence electrons. The van der Waals surface area contributed by atoms with Crippen LogP contribution in [-0.2, 0) is 10.0 Å². The van der Waals surface area contributed by atoms with Crippen molar-refractivity contribution in [1.82, 2.24) is 4.31 Å². The molecule has 4 rings (SSSR count). The Morgan fingerprint density at radius 1 is 0.944 bits per heavy atom. The highest BCUT2D eigenvalue weighted by molar-refractivity contribution is 7.89. The number of nitrogens with zero attached hydrogens (tertiary/aromatic N) is 2. The van der Waals surface area contributed by atoms with E-state index in [4.69, 9.17) is 17.0 Å². The molecular weight excluding hydrogens is 492 g/mol. The maximum Gasteiger partial charge on any atom is 0.243 e. The summed E-state index contributed by atoms with van der Waals surface area (Å²) in [5, 5.41) is 6.91. The van der Waals surface area contributed by atoms with Gasteiger partial charge in [0.15, 0.2) is 5.11 Å². The van der Waals surface area contributed by atoms with E-state index in [2.05, 4.69) is 29.4 Å². The number of hydrogen-bond donors (Lipinski definition) is 2. The molecule has 2 aromatic rings. The molecule has 0 aromatic heterocycles. The van der Waals surface area contributed by atoms with Crippen LogP contribution in [0.25, 0.3) is 0 Å². The van der Waals surface area contributed by atoms with Crippen LogP contribution in [0.2, 0.25) is 0 Å². The number of piperidine rings is 2. The van der Waals surface area contributed by atoms with Gasteiger partial charge in [-0.2, -0.15) is 4.31 Å². The highest BCUT2D eigenvalue weighted by Gasteiger charge is 2.29. The van der Waals surface area contributed by atoms with E-state index < -0.39 is 10.0 Å². The van der Waals surface area contributed by atoms with Crippen LogP contribution in [-0.4, -0.2) is 50.6 Å². The zero-order valence-electron chi connectivity index (χ0n) is 21.5. The predicted molar refractivity (Wildman–Crippen MR) is 152 cm³/mol. The molecule has 2 saturated heterocycles. The molecule has 2 N–H and O–H groups in total. The molecule has 0 spiro atoms. The second kappa shape index (κ2) is 11.8. The maximum absolute atomic E-state index is 13.5. The summed E-state index contributed by atoms with van der Waals surface area (Å²) in [6.07, 6.45) is 4.00. The molecule has 0 aliphatic carbocycles. The Morgan fingerprint density at radius 3 is 2.22 bits per heavy atom. The third kappa shape index (κ3) is 6.30. The van der Waals surface area contributed by atoms with Crippen LogP contribution in [0.1, 0.15) is 46.5 Å². The fourth-order valence-corrected chi connectivity index (χ4v) is 6.52. The predicted octanol–water partition coefficient (Wildman–Crippen LogP) is 5.55. The van der Waals surface area contributed by atoms with Gasteiger partial charge in [0.2, 0.25) is 10.0 Å². The molecule has 0 bridgehead atoms. The minimum Gasteiger partial charge on any atom is -0.492 e. The zero-order valence-corrected chi connectivity index (χ0v) is 23.1. The quantitative estimate of drug-likeness (QED) is 0.455. The molecule has 7 nitrogen and oxygen atoms in total. The van der Waals surface area contributed by atoms with Gasteiger partial charge in [-0.1, -0.05) is 26.0 Å². The first kappa shape index (κ1) is 26.7. The van der Waals surface area contributed by atoms with Crippen molar-refractivity contribution in [3.63, 3.8) is 0 Å². The van der Waals surface area contributed by atoms with Gasteiger partial charge in [-0.25, -0.2) is 8.42 Å². The molecule has 2 aromatic carbocycles. The Morgan fingerprint density at radius 2 is 1.56 bits per heavy atom. The topological polar surface area (TPSA) is 73.9 Å². The van der Waals surface area contributed by atoms with E-state index in [9.17, 15) is 8.42 Å². The molecule has 2 heterocycles. The van der Waals surface area contributed by atoms with Crippen LogP contribution in [0, 0.1) is 11.8 Å². The zero-order chi connectivity index (χ0) is 25.7. The molecule has 36 heavy (non-hydrogen) atoms. The third-order valence-electron chi connectivity index (χ3n) is 7.16. The molecule has 0 radical (unpaired) electrons. The lowest BCUT2D eigenvalue weighted by molar-refractivity contribution is 0.288. The standard InChI is InChI=1S/C27H38N4O3S2/c1-4-34-26-8-6-5-7-23(26)28-27(35)29-24-19-22(36(32,33)31-17-13-21(3)14-18-31)9-10-25(24)30-15-11-20(2)12-16-30/h5-10,19-21H,4,11-18H2,1-3H3,(H2,28,29,35). The van der Waals surface area contributed by atoms with Crippen molar-refractivity contribution in [3.8, 4) is 5.75 Å². The van der Waals surface area contributed by atoms with Crippen molar-refractivity contribution < 1.29 is 13.2 Å². The highest BCUT2D eigenvalue weighted by atomic mass is 32.2. The molecule has 9 heteroatoms. The fraction of sp³-hybridized carbons (Fsp3) is 0.519. The molecule has 2 aliphatic rings. The van der Waals surface area contributed by atoms with Gasteiger partial charge in [0, 0.05) is 26.2 Å². The Bertz CT molecular complexity index is 1160. The lowest BCUT2D eigenvalue weighted by Crippen LogP contribution is -2.38. The lowest BCUT2D eigenvalue weighted by Gasteiger charge is -2.34. The molecule has 0 atom stereocenters. The van der Waals surface area contributed by atoms with Crippen molar-refractivity contribution in [1.29, 1.82) is 0 Å². The molecule has 0 saturated carbocycles.